The second-order valence-electron chi connectivity index (χ2n) is 7.04. The highest BCUT2D eigenvalue weighted by atomic mass is 32.2. The molecule has 0 spiro atoms. The van der Waals surface area contributed by atoms with Crippen molar-refractivity contribution in [1.29, 1.82) is 0 Å². The molecule has 0 saturated carbocycles. The first-order chi connectivity index (χ1) is 11.3. The Labute approximate surface area is 144 Å². The van der Waals surface area contributed by atoms with E-state index in [2.05, 4.69) is 4.90 Å². The molecule has 1 aromatic carbocycles. The maximum absolute atomic E-state index is 12.0. The molecule has 1 aromatic rings. The van der Waals surface area contributed by atoms with Crippen LogP contribution in [0.1, 0.15) is 39.0 Å². The lowest BCUT2D eigenvalue weighted by atomic mass is 9.95. The summed E-state index contributed by atoms with van der Waals surface area (Å²) in [5, 5.41) is 0. The molecule has 132 valence electrons. The summed E-state index contributed by atoms with van der Waals surface area (Å²) in [6.07, 6.45) is 6.06. The Hall–Kier alpha value is -1.56. The van der Waals surface area contributed by atoms with Crippen LogP contribution in [0.5, 0.6) is 0 Å². The summed E-state index contributed by atoms with van der Waals surface area (Å²) in [5.41, 5.74) is 1.10. The van der Waals surface area contributed by atoms with Gasteiger partial charge >= 0.3 is 0 Å². The minimum Gasteiger partial charge on any atom is -0.365 e. The van der Waals surface area contributed by atoms with Crippen LogP contribution in [0.25, 0.3) is 0 Å². The number of nitrogens with zero attached hydrogens (tertiary/aromatic N) is 2. The van der Waals surface area contributed by atoms with Gasteiger partial charge in [0.2, 0.25) is 5.91 Å². The van der Waals surface area contributed by atoms with E-state index >= 15 is 0 Å². The number of piperidine rings is 1. The minimum atomic E-state index is -3.16. The number of carbonyl (C=O) groups excluding carboxylic acids is 1. The number of fused-ring (bicyclic) bond motifs is 2. The molecule has 0 aliphatic carbocycles. The summed E-state index contributed by atoms with van der Waals surface area (Å²) in [7, 11) is -1.23. The van der Waals surface area contributed by atoms with E-state index in [-0.39, 0.29) is 5.91 Å². The van der Waals surface area contributed by atoms with E-state index in [9.17, 15) is 13.2 Å². The van der Waals surface area contributed by atoms with Crippen molar-refractivity contribution in [2.45, 2.75) is 62.0 Å². The highest BCUT2D eigenvalue weighted by Crippen LogP contribution is 2.40. The molecule has 3 rings (SSSR count). The average Bonchev–Trinajstić information content (AvgIpc) is 2.82. The fourth-order valence-corrected chi connectivity index (χ4v) is 4.84. The molecule has 2 fully saturated rings. The SMILES string of the molecule is CCC(=O)N(C)C1CC2CCC(C1)N2c1ccc(S(C)(=O)=O)cc1. The monoisotopic (exact) mass is 350 g/mol. The number of benzene rings is 1. The largest absolute Gasteiger partial charge is 0.365 e. The second kappa shape index (κ2) is 6.39. The molecule has 2 saturated heterocycles. The van der Waals surface area contributed by atoms with Crippen molar-refractivity contribution in [2.75, 3.05) is 18.2 Å². The topological polar surface area (TPSA) is 57.7 Å². The Kier molecular flexibility index (Phi) is 4.60. The molecule has 5 nitrogen and oxygen atoms in total. The quantitative estimate of drug-likeness (QED) is 0.837. The Morgan fingerprint density at radius 3 is 2.17 bits per heavy atom. The van der Waals surface area contributed by atoms with Crippen LogP contribution in [0, 0.1) is 0 Å². The van der Waals surface area contributed by atoms with Gasteiger partial charge in [-0.25, -0.2) is 8.42 Å². The summed E-state index contributed by atoms with van der Waals surface area (Å²) in [6, 6.07) is 8.42. The molecular weight excluding hydrogens is 324 g/mol. The predicted octanol–water partition coefficient (Wildman–Crippen LogP) is 2.46. The van der Waals surface area contributed by atoms with E-state index in [1.807, 2.05) is 31.0 Å². The summed E-state index contributed by atoms with van der Waals surface area (Å²) >= 11 is 0. The third-order valence-corrected chi connectivity index (χ3v) is 6.64. The first-order valence-electron chi connectivity index (χ1n) is 8.65. The molecule has 0 N–H and O–H groups in total. The third-order valence-electron chi connectivity index (χ3n) is 5.51. The third kappa shape index (κ3) is 3.16. The Balaban J connectivity index is 1.77. The van der Waals surface area contributed by atoms with Gasteiger partial charge in [-0.3, -0.25) is 4.79 Å². The fraction of sp³-hybridized carbons (Fsp3) is 0.611. The number of hydrogen-bond donors (Lipinski definition) is 0. The lowest BCUT2D eigenvalue weighted by Gasteiger charge is -2.43. The predicted molar refractivity (Wildman–Crippen MR) is 94.9 cm³/mol. The molecule has 0 radical (unpaired) electrons. The van der Waals surface area contributed by atoms with Crippen molar-refractivity contribution in [2.24, 2.45) is 0 Å². The van der Waals surface area contributed by atoms with Gasteiger partial charge in [-0.2, -0.15) is 0 Å². The molecule has 2 heterocycles. The van der Waals surface area contributed by atoms with Crippen LogP contribution in [0.3, 0.4) is 0 Å². The zero-order chi connectivity index (χ0) is 17.5. The van der Waals surface area contributed by atoms with Gasteiger partial charge < -0.3 is 9.80 Å². The zero-order valence-electron chi connectivity index (χ0n) is 14.6. The standard InChI is InChI=1S/C18H26N2O3S/c1-4-18(21)19(2)16-11-14-5-6-15(12-16)20(14)13-7-9-17(10-8-13)24(3,22)23/h7-10,14-16H,4-6,11-12H2,1-3H3. The van der Waals surface area contributed by atoms with E-state index in [1.165, 1.54) is 6.26 Å². The van der Waals surface area contributed by atoms with Crippen LogP contribution < -0.4 is 4.90 Å². The van der Waals surface area contributed by atoms with Crippen molar-refractivity contribution in [1.82, 2.24) is 4.90 Å². The lowest BCUT2D eigenvalue weighted by molar-refractivity contribution is -0.132. The second-order valence-corrected chi connectivity index (χ2v) is 9.06. The number of anilines is 1. The van der Waals surface area contributed by atoms with E-state index in [4.69, 9.17) is 0 Å². The Bertz CT molecular complexity index is 700. The number of sulfone groups is 1. The van der Waals surface area contributed by atoms with Gasteiger partial charge in [-0.15, -0.1) is 0 Å². The van der Waals surface area contributed by atoms with Gasteiger partial charge in [-0.05, 0) is 49.9 Å². The Morgan fingerprint density at radius 1 is 1.17 bits per heavy atom. The van der Waals surface area contributed by atoms with E-state index in [0.29, 0.717) is 29.4 Å². The average molecular weight is 350 g/mol. The summed E-state index contributed by atoms with van der Waals surface area (Å²) in [4.78, 5) is 16.7. The normalized spacial score (nSPS) is 26.5. The van der Waals surface area contributed by atoms with Gasteiger partial charge in [0.05, 0.1) is 4.90 Å². The fourth-order valence-electron chi connectivity index (χ4n) is 4.20. The van der Waals surface area contributed by atoms with Crippen LogP contribution >= 0.6 is 0 Å². The van der Waals surface area contributed by atoms with Crippen LogP contribution in [0.2, 0.25) is 0 Å². The Morgan fingerprint density at radius 2 is 1.71 bits per heavy atom. The molecule has 2 aliphatic rings. The van der Waals surface area contributed by atoms with Crippen molar-refractivity contribution < 1.29 is 13.2 Å². The molecule has 2 bridgehead atoms. The van der Waals surface area contributed by atoms with Crippen LogP contribution in [0.15, 0.2) is 29.2 Å². The first-order valence-corrected chi connectivity index (χ1v) is 10.5. The van der Waals surface area contributed by atoms with Gasteiger partial charge in [0, 0.05) is 43.5 Å². The van der Waals surface area contributed by atoms with Gasteiger partial charge in [-0.1, -0.05) is 6.92 Å². The number of rotatable bonds is 4. The van der Waals surface area contributed by atoms with Crippen molar-refractivity contribution >= 4 is 21.4 Å². The van der Waals surface area contributed by atoms with Crippen LogP contribution in [0.4, 0.5) is 5.69 Å². The van der Waals surface area contributed by atoms with Crippen LogP contribution in [-0.2, 0) is 14.6 Å². The van der Waals surface area contributed by atoms with Gasteiger partial charge in [0.25, 0.3) is 0 Å². The highest BCUT2D eigenvalue weighted by Gasteiger charge is 2.42. The summed E-state index contributed by atoms with van der Waals surface area (Å²) < 4.78 is 23.2. The van der Waals surface area contributed by atoms with E-state index < -0.39 is 9.84 Å². The van der Waals surface area contributed by atoms with E-state index in [0.717, 1.165) is 31.4 Å². The molecular formula is C18H26N2O3S. The number of carbonyl (C=O) groups is 1. The molecule has 2 unspecified atom stereocenters. The molecule has 6 heteroatoms. The van der Waals surface area contributed by atoms with Crippen LogP contribution in [-0.4, -0.2) is 50.7 Å². The molecule has 2 aliphatic heterocycles. The number of hydrogen-bond acceptors (Lipinski definition) is 4. The van der Waals surface area contributed by atoms with Crippen molar-refractivity contribution in [3.05, 3.63) is 24.3 Å². The minimum absolute atomic E-state index is 0.213. The van der Waals surface area contributed by atoms with Gasteiger partial charge in [0.1, 0.15) is 0 Å². The maximum atomic E-state index is 12.0. The van der Waals surface area contributed by atoms with Crippen molar-refractivity contribution in [3.8, 4) is 0 Å². The molecule has 0 aromatic heterocycles. The van der Waals surface area contributed by atoms with E-state index in [1.54, 1.807) is 12.1 Å². The number of amides is 1. The summed E-state index contributed by atoms with van der Waals surface area (Å²) in [5.74, 6) is 0.213. The van der Waals surface area contributed by atoms with Gasteiger partial charge in [0.15, 0.2) is 9.84 Å². The molecule has 24 heavy (non-hydrogen) atoms. The lowest BCUT2D eigenvalue weighted by Crippen LogP contribution is -2.51. The smallest absolute Gasteiger partial charge is 0.222 e. The molecule has 1 amide bonds. The highest BCUT2D eigenvalue weighted by molar-refractivity contribution is 7.90. The molecule has 2 atom stereocenters. The van der Waals surface area contributed by atoms with Crippen molar-refractivity contribution in [3.63, 3.8) is 0 Å². The first kappa shape index (κ1) is 17.3. The maximum Gasteiger partial charge on any atom is 0.222 e. The zero-order valence-corrected chi connectivity index (χ0v) is 15.4. The summed E-state index contributed by atoms with van der Waals surface area (Å²) in [6.45, 7) is 1.91.